The van der Waals surface area contributed by atoms with E-state index in [1.54, 1.807) is 6.08 Å². The van der Waals surface area contributed by atoms with Gasteiger partial charge in [0.1, 0.15) is 5.75 Å². The first kappa shape index (κ1) is 21.5. The first-order valence-electron chi connectivity index (χ1n) is 9.42. The van der Waals surface area contributed by atoms with Crippen LogP contribution >= 0.6 is 11.8 Å². The quantitative estimate of drug-likeness (QED) is 0.662. The summed E-state index contributed by atoms with van der Waals surface area (Å²) in [7, 11) is 0. The number of thioether (sulfide) groups is 1. The summed E-state index contributed by atoms with van der Waals surface area (Å²) in [6, 6.07) is 3.72. The number of carbonyl (C=O) groups is 2. The van der Waals surface area contributed by atoms with Gasteiger partial charge in [-0.3, -0.25) is 14.5 Å². The smallest absolute Gasteiger partial charge is 0.293 e. The molecule has 1 aliphatic rings. The van der Waals surface area contributed by atoms with Gasteiger partial charge < -0.3 is 5.11 Å². The van der Waals surface area contributed by atoms with Crippen molar-refractivity contribution in [1.82, 2.24) is 4.90 Å². The zero-order valence-electron chi connectivity index (χ0n) is 17.6. The molecule has 27 heavy (non-hydrogen) atoms. The number of rotatable bonds is 3. The van der Waals surface area contributed by atoms with Crippen molar-refractivity contribution in [2.45, 2.75) is 78.7 Å². The summed E-state index contributed by atoms with van der Waals surface area (Å²) < 4.78 is 0. The number of benzene rings is 1. The molecule has 1 fully saturated rings. The maximum Gasteiger partial charge on any atom is 0.293 e. The van der Waals surface area contributed by atoms with Crippen molar-refractivity contribution in [3.8, 4) is 5.75 Å². The Morgan fingerprint density at radius 2 is 1.56 bits per heavy atom. The third kappa shape index (κ3) is 4.40. The lowest BCUT2D eigenvalue weighted by molar-refractivity contribution is -0.124. The largest absolute Gasteiger partial charge is 0.507 e. The van der Waals surface area contributed by atoms with E-state index in [0.717, 1.165) is 34.9 Å². The number of phenols is 1. The lowest BCUT2D eigenvalue weighted by atomic mass is 9.78. The van der Waals surface area contributed by atoms with Gasteiger partial charge in [-0.25, -0.2) is 0 Å². The Labute approximate surface area is 167 Å². The van der Waals surface area contributed by atoms with E-state index in [4.69, 9.17) is 0 Å². The normalized spacial score (nSPS) is 18.5. The van der Waals surface area contributed by atoms with Gasteiger partial charge in [-0.1, -0.05) is 48.5 Å². The fourth-order valence-corrected chi connectivity index (χ4v) is 4.01. The Balaban J connectivity index is 2.58. The molecule has 2 amide bonds. The molecule has 1 atom stereocenters. The van der Waals surface area contributed by atoms with Gasteiger partial charge in [-0.05, 0) is 59.7 Å². The Hall–Kier alpha value is -1.75. The number of hydrogen-bond donors (Lipinski definition) is 1. The van der Waals surface area contributed by atoms with Crippen LogP contribution in [0.4, 0.5) is 4.79 Å². The maximum absolute atomic E-state index is 12.7. The number of hydrogen-bond acceptors (Lipinski definition) is 4. The summed E-state index contributed by atoms with van der Waals surface area (Å²) in [5.74, 6) is 0.0712. The van der Waals surface area contributed by atoms with Crippen LogP contribution < -0.4 is 0 Å². The van der Waals surface area contributed by atoms with Crippen LogP contribution in [0.25, 0.3) is 6.08 Å². The summed E-state index contributed by atoms with van der Waals surface area (Å²) in [4.78, 5) is 26.8. The van der Waals surface area contributed by atoms with Crippen LogP contribution in [0.15, 0.2) is 17.0 Å². The molecule has 1 saturated heterocycles. The van der Waals surface area contributed by atoms with Crippen LogP contribution in [0.3, 0.4) is 0 Å². The standard InChI is InChI=1S/C22H31NO3S/c1-9-13(2)23-19(25)17(27-20(23)26)12-14-10-15(21(3,4)5)18(24)16(11-14)22(6,7)8/h10-13,24H,9H2,1-8H3/b17-12+/t13-/m0/s1. The molecule has 0 aliphatic carbocycles. The van der Waals surface area contributed by atoms with E-state index in [9.17, 15) is 14.7 Å². The Kier molecular flexibility index (Phi) is 5.86. The highest BCUT2D eigenvalue weighted by atomic mass is 32.2. The van der Waals surface area contributed by atoms with Gasteiger partial charge in [-0.2, -0.15) is 0 Å². The molecular formula is C22H31NO3S. The minimum atomic E-state index is -0.246. The molecule has 148 valence electrons. The van der Waals surface area contributed by atoms with Crippen LogP contribution in [0.1, 0.15) is 78.5 Å². The van der Waals surface area contributed by atoms with Crippen LogP contribution in [0.2, 0.25) is 0 Å². The van der Waals surface area contributed by atoms with Crippen molar-refractivity contribution in [1.29, 1.82) is 0 Å². The minimum Gasteiger partial charge on any atom is -0.507 e. The van der Waals surface area contributed by atoms with E-state index in [2.05, 4.69) is 41.5 Å². The van der Waals surface area contributed by atoms with Crippen molar-refractivity contribution in [3.05, 3.63) is 33.7 Å². The van der Waals surface area contributed by atoms with E-state index in [-0.39, 0.29) is 28.0 Å². The lowest BCUT2D eigenvalue weighted by Crippen LogP contribution is -2.36. The van der Waals surface area contributed by atoms with E-state index in [1.165, 1.54) is 4.90 Å². The molecule has 1 aromatic rings. The number of aromatic hydroxyl groups is 1. The summed E-state index contributed by atoms with van der Waals surface area (Å²) >= 11 is 0.987. The number of imide groups is 1. The molecule has 1 N–H and O–H groups in total. The average molecular weight is 390 g/mol. The van der Waals surface area contributed by atoms with Crippen LogP contribution in [0, 0.1) is 0 Å². The monoisotopic (exact) mass is 389 g/mol. The third-order valence-corrected chi connectivity index (χ3v) is 5.78. The molecule has 1 aliphatic heterocycles. The van der Waals surface area contributed by atoms with E-state index >= 15 is 0 Å². The average Bonchev–Trinajstić information content (AvgIpc) is 2.80. The van der Waals surface area contributed by atoms with Gasteiger partial charge in [0, 0.05) is 17.2 Å². The van der Waals surface area contributed by atoms with Crippen molar-refractivity contribution >= 4 is 29.0 Å². The molecule has 0 radical (unpaired) electrons. The molecule has 0 aromatic heterocycles. The summed E-state index contributed by atoms with van der Waals surface area (Å²) in [6.45, 7) is 16.1. The predicted molar refractivity (Wildman–Crippen MR) is 113 cm³/mol. The summed E-state index contributed by atoms with van der Waals surface area (Å²) in [5.41, 5.74) is 2.01. The highest BCUT2D eigenvalue weighted by molar-refractivity contribution is 8.18. The minimum absolute atomic E-state index is 0.113. The second-order valence-corrected chi connectivity index (χ2v) is 10.3. The van der Waals surface area contributed by atoms with Gasteiger partial charge in [-0.15, -0.1) is 0 Å². The van der Waals surface area contributed by atoms with Crippen molar-refractivity contribution < 1.29 is 14.7 Å². The van der Waals surface area contributed by atoms with Gasteiger partial charge in [0.2, 0.25) is 0 Å². The van der Waals surface area contributed by atoms with Gasteiger partial charge >= 0.3 is 0 Å². The van der Waals surface area contributed by atoms with Crippen molar-refractivity contribution in [3.63, 3.8) is 0 Å². The molecule has 0 spiro atoms. The van der Waals surface area contributed by atoms with E-state index < -0.39 is 0 Å². The van der Waals surface area contributed by atoms with Crippen molar-refractivity contribution in [2.24, 2.45) is 0 Å². The Morgan fingerprint density at radius 1 is 1.07 bits per heavy atom. The fourth-order valence-electron chi connectivity index (χ4n) is 3.08. The van der Waals surface area contributed by atoms with Crippen LogP contribution in [-0.4, -0.2) is 27.2 Å². The van der Waals surface area contributed by atoms with Gasteiger partial charge in [0.25, 0.3) is 11.1 Å². The van der Waals surface area contributed by atoms with Gasteiger partial charge in [0.05, 0.1) is 4.91 Å². The fraction of sp³-hybridized carbons (Fsp3) is 0.545. The topological polar surface area (TPSA) is 57.6 Å². The van der Waals surface area contributed by atoms with Crippen LogP contribution in [-0.2, 0) is 15.6 Å². The first-order valence-corrected chi connectivity index (χ1v) is 10.2. The highest BCUT2D eigenvalue weighted by Gasteiger charge is 2.37. The molecular weight excluding hydrogens is 358 g/mol. The predicted octanol–water partition coefficient (Wildman–Crippen LogP) is 5.82. The lowest BCUT2D eigenvalue weighted by Gasteiger charge is -2.28. The maximum atomic E-state index is 12.7. The number of amides is 2. The third-order valence-electron chi connectivity index (χ3n) is 4.90. The molecule has 5 heteroatoms. The summed E-state index contributed by atoms with van der Waals surface area (Å²) in [5, 5.41) is 10.6. The number of nitrogens with zero attached hydrogens (tertiary/aromatic N) is 1. The first-order chi connectivity index (χ1) is 12.3. The van der Waals surface area contributed by atoms with Gasteiger partial charge in [0.15, 0.2) is 0 Å². The molecule has 1 heterocycles. The van der Waals surface area contributed by atoms with E-state index in [1.807, 2.05) is 26.0 Å². The molecule has 0 bridgehead atoms. The molecule has 4 nitrogen and oxygen atoms in total. The highest BCUT2D eigenvalue weighted by Crippen LogP contribution is 2.41. The second kappa shape index (κ2) is 7.34. The number of phenolic OH excluding ortho intramolecular Hbond substituents is 1. The van der Waals surface area contributed by atoms with Crippen LogP contribution in [0.5, 0.6) is 5.75 Å². The van der Waals surface area contributed by atoms with E-state index in [0.29, 0.717) is 10.7 Å². The Bertz CT molecular complexity index is 762. The molecule has 0 unspecified atom stereocenters. The Morgan fingerprint density at radius 3 is 1.96 bits per heavy atom. The summed E-state index contributed by atoms with van der Waals surface area (Å²) in [6.07, 6.45) is 2.50. The molecule has 1 aromatic carbocycles. The zero-order valence-corrected chi connectivity index (χ0v) is 18.5. The number of carbonyl (C=O) groups excluding carboxylic acids is 2. The molecule has 0 saturated carbocycles. The van der Waals surface area contributed by atoms with Crippen molar-refractivity contribution in [2.75, 3.05) is 0 Å². The zero-order chi connectivity index (χ0) is 20.7. The second-order valence-electron chi connectivity index (χ2n) is 9.27. The SMILES string of the molecule is CC[C@H](C)N1C(=O)S/C(=C/c2cc(C(C)(C)C)c(O)c(C(C)(C)C)c2)C1=O. The molecule has 2 rings (SSSR count).